The van der Waals surface area contributed by atoms with Crippen LogP contribution in [0.5, 0.6) is 0 Å². The van der Waals surface area contributed by atoms with Gasteiger partial charge in [0.05, 0.1) is 16.1 Å². The molecule has 2 heterocycles. The van der Waals surface area contributed by atoms with Crippen molar-refractivity contribution in [2.24, 2.45) is 0 Å². The summed E-state index contributed by atoms with van der Waals surface area (Å²) < 4.78 is 30.5. The highest BCUT2D eigenvalue weighted by atomic mass is 32.2. The van der Waals surface area contributed by atoms with Gasteiger partial charge >= 0.3 is 5.97 Å². The molecule has 160 valence electrons. The highest BCUT2D eigenvalue weighted by Crippen LogP contribution is 2.42. The van der Waals surface area contributed by atoms with Crippen LogP contribution in [0.4, 0.5) is 0 Å². The Morgan fingerprint density at radius 1 is 1.16 bits per heavy atom. The molecule has 9 heteroatoms. The van der Waals surface area contributed by atoms with Crippen molar-refractivity contribution in [2.45, 2.75) is 35.1 Å². The van der Waals surface area contributed by atoms with Crippen LogP contribution in [0.15, 0.2) is 67.9 Å². The molecule has 0 radical (unpaired) electrons. The molecule has 0 aliphatic carbocycles. The third-order valence-electron chi connectivity index (χ3n) is 4.96. The van der Waals surface area contributed by atoms with Crippen LogP contribution in [-0.4, -0.2) is 35.5 Å². The number of hydrogen-bond acceptors (Lipinski definition) is 6. The van der Waals surface area contributed by atoms with Crippen molar-refractivity contribution < 1.29 is 22.8 Å². The average molecular weight is 457 g/mol. The summed E-state index contributed by atoms with van der Waals surface area (Å²) in [5.41, 5.74) is 3.33. The summed E-state index contributed by atoms with van der Waals surface area (Å²) >= 11 is 1.45. The zero-order chi connectivity index (χ0) is 22.3. The van der Waals surface area contributed by atoms with E-state index in [0.717, 1.165) is 37.5 Å². The van der Waals surface area contributed by atoms with Crippen LogP contribution >= 0.6 is 11.8 Å². The van der Waals surface area contributed by atoms with Crippen LogP contribution in [0.2, 0.25) is 0 Å². The van der Waals surface area contributed by atoms with Gasteiger partial charge in [0.2, 0.25) is 0 Å². The minimum atomic E-state index is -3.28. The first-order valence-electron chi connectivity index (χ1n) is 9.40. The lowest BCUT2D eigenvalue weighted by molar-refractivity contribution is -0.137. The maximum Gasteiger partial charge on any atom is 0.323 e. The van der Waals surface area contributed by atoms with Crippen molar-refractivity contribution in [3.05, 3.63) is 60.1 Å². The molecule has 0 atom stereocenters. The third-order valence-corrected chi connectivity index (χ3v) is 7.13. The standard InChI is InChI=1S/C22H20N2O5S2/c1-13-21(14(2)29-23-13)17-5-4-6-18-22(17)19(11-24(18)12-20(25)26)30-15-7-9-16(10-8-15)31(3,27)28/h4-11H,12H2,1-3H3,(H,25,26). The fraction of sp³-hybridized carbons (Fsp3) is 0.182. The summed E-state index contributed by atoms with van der Waals surface area (Å²) in [5, 5.41) is 14.3. The Kier molecular flexibility index (Phi) is 5.40. The molecule has 0 fully saturated rings. The predicted molar refractivity (Wildman–Crippen MR) is 118 cm³/mol. The second kappa shape index (κ2) is 7.90. The molecule has 0 spiro atoms. The van der Waals surface area contributed by atoms with E-state index in [1.54, 1.807) is 28.8 Å². The molecule has 2 aromatic carbocycles. The third kappa shape index (κ3) is 4.11. The summed E-state index contributed by atoms with van der Waals surface area (Å²) in [6, 6.07) is 12.4. The Bertz CT molecular complexity index is 1380. The van der Waals surface area contributed by atoms with E-state index >= 15 is 0 Å². The first-order valence-corrected chi connectivity index (χ1v) is 12.1. The van der Waals surface area contributed by atoms with Gasteiger partial charge in [0.25, 0.3) is 0 Å². The normalized spacial score (nSPS) is 11.8. The average Bonchev–Trinajstić information content (AvgIpc) is 3.21. The van der Waals surface area contributed by atoms with Crippen molar-refractivity contribution in [2.75, 3.05) is 6.26 Å². The zero-order valence-electron chi connectivity index (χ0n) is 17.1. The van der Waals surface area contributed by atoms with Crippen molar-refractivity contribution in [1.82, 2.24) is 9.72 Å². The summed E-state index contributed by atoms with van der Waals surface area (Å²) in [5.74, 6) is -0.252. The minimum absolute atomic E-state index is 0.171. The number of benzene rings is 2. The highest BCUT2D eigenvalue weighted by molar-refractivity contribution is 7.99. The molecule has 0 amide bonds. The van der Waals surface area contributed by atoms with E-state index < -0.39 is 15.8 Å². The topological polar surface area (TPSA) is 102 Å². The lowest BCUT2D eigenvalue weighted by Gasteiger charge is -2.07. The SMILES string of the molecule is Cc1noc(C)c1-c1cccc2c1c(Sc1ccc(S(C)(=O)=O)cc1)cn2CC(=O)O. The van der Waals surface area contributed by atoms with E-state index in [0.29, 0.717) is 5.76 Å². The Balaban J connectivity index is 1.89. The van der Waals surface area contributed by atoms with Crippen LogP contribution in [0.1, 0.15) is 11.5 Å². The fourth-order valence-corrected chi connectivity index (χ4v) is 5.28. The number of carboxylic acid groups (broad SMARTS) is 1. The smallest absolute Gasteiger partial charge is 0.323 e. The lowest BCUT2D eigenvalue weighted by atomic mass is 10.0. The van der Waals surface area contributed by atoms with Gasteiger partial charge in [0.15, 0.2) is 9.84 Å². The first kappa shape index (κ1) is 21.2. The maximum absolute atomic E-state index is 11.7. The van der Waals surface area contributed by atoms with E-state index in [4.69, 9.17) is 4.52 Å². The second-order valence-electron chi connectivity index (χ2n) is 7.26. The molecule has 0 unspecified atom stereocenters. The zero-order valence-corrected chi connectivity index (χ0v) is 18.8. The quantitative estimate of drug-likeness (QED) is 0.454. The number of aliphatic carboxylic acids is 1. The number of nitrogens with zero attached hydrogens (tertiary/aromatic N) is 2. The molecule has 2 aromatic heterocycles. The van der Waals surface area contributed by atoms with E-state index in [1.807, 2.05) is 38.2 Å². The van der Waals surface area contributed by atoms with Gasteiger partial charge in [-0.05, 0) is 49.7 Å². The molecule has 0 aliphatic heterocycles. The predicted octanol–water partition coefficient (Wildman–Crippen LogP) is 4.55. The molecule has 0 saturated carbocycles. The number of rotatable bonds is 6. The summed E-state index contributed by atoms with van der Waals surface area (Å²) in [4.78, 5) is 13.4. The first-order chi connectivity index (χ1) is 14.6. The molecular weight excluding hydrogens is 436 g/mol. The van der Waals surface area contributed by atoms with Gasteiger partial charge in [0.1, 0.15) is 12.3 Å². The molecule has 0 aliphatic rings. The minimum Gasteiger partial charge on any atom is -0.480 e. The van der Waals surface area contributed by atoms with Gasteiger partial charge in [-0.25, -0.2) is 8.42 Å². The van der Waals surface area contributed by atoms with Gasteiger partial charge in [-0.1, -0.05) is 29.1 Å². The molecule has 4 aromatic rings. The van der Waals surface area contributed by atoms with Crippen molar-refractivity contribution >= 4 is 38.5 Å². The monoisotopic (exact) mass is 456 g/mol. The largest absolute Gasteiger partial charge is 0.480 e. The molecule has 0 saturated heterocycles. The number of hydrogen-bond donors (Lipinski definition) is 1. The Labute approximate surface area is 183 Å². The van der Waals surface area contributed by atoms with E-state index in [2.05, 4.69) is 5.16 Å². The summed E-state index contributed by atoms with van der Waals surface area (Å²) in [6.07, 6.45) is 2.99. The van der Waals surface area contributed by atoms with Crippen molar-refractivity contribution in [1.29, 1.82) is 0 Å². The molecular formula is C22H20N2O5S2. The lowest BCUT2D eigenvalue weighted by Crippen LogP contribution is -2.07. The highest BCUT2D eigenvalue weighted by Gasteiger charge is 2.20. The molecule has 31 heavy (non-hydrogen) atoms. The Morgan fingerprint density at radius 3 is 2.45 bits per heavy atom. The van der Waals surface area contributed by atoms with Gasteiger partial charge in [-0.2, -0.15) is 0 Å². The number of carboxylic acids is 1. The maximum atomic E-state index is 11.7. The number of fused-ring (bicyclic) bond motifs is 1. The molecule has 1 N–H and O–H groups in total. The molecule has 4 rings (SSSR count). The number of aryl methyl sites for hydroxylation is 2. The van der Waals surface area contributed by atoms with E-state index in [-0.39, 0.29) is 11.4 Å². The van der Waals surface area contributed by atoms with Crippen LogP contribution < -0.4 is 0 Å². The van der Waals surface area contributed by atoms with Gasteiger partial charge in [0, 0.05) is 33.2 Å². The number of carbonyl (C=O) groups is 1. The van der Waals surface area contributed by atoms with Crippen molar-refractivity contribution in [3.63, 3.8) is 0 Å². The van der Waals surface area contributed by atoms with Crippen molar-refractivity contribution in [3.8, 4) is 11.1 Å². The Hall–Kier alpha value is -3.04. The van der Waals surface area contributed by atoms with Crippen LogP contribution in [0.25, 0.3) is 22.0 Å². The van der Waals surface area contributed by atoms with Crippen LogP contribution in [-0.2, 0) is 21.2 Å². The number of sulfone groups is 1. The van der Waals surface area contributed by atoms with Gasteiger partial charge in [-0.3, -0.25) is 4.79 Å². The number of aromatic nitrogens is 2. The van der Waals surface area contributed by atoms with E-state index in [9.17, 15) is 18.3 Å². The second-order valence-corrected chi connectivity index (χ2v) is 10.4. The Morgan fingerprint density at radius 2 is 1.87 bits per heavy atom. The van der Waals surface area contributed by atoms with Gasteiger partial charge in [-0.15, -0.1) is 0 Å². The fourth-order valence-electron chi connectivity index (χ4n) is 3.63. The summed E-state index contributed by atoms with van der Waals surface area (Å²) in [7, 11) is -3.28. The molecule has 0 bridgehead atoms. The van der Waals surface area contributed by atoms with Crippen LogP contribution in [0, 0.1) is 13.8 Å². The van der Waals surface area contributed by atoms with Crippen LogP contribution in [0.3, 0.4) is 0 Å². The summed E-state index contributed by atoms with van der Waals surface area (Å²) in [6.45, 7) is 3.55. The molecule has 7 nitrogen and oxygen atoms in total. The van der Waals surface area contributed by atoms with E-state index in [1.165, 1.54) is 18.0 Å². The van der Waals surface area contributed by atoms with Gasteiger partial charge < -0.3 is 14.2 Å².